The van der Waals surface area contributed by atoms with E-state index in [1.165, 1.54) is 4.90 Å². The molecule has 7 heteroatoms. The quantitative estimate of drug-likeness (QED) is 0.816. The Hall–Kier alpha value is -2.05. The lowest BCUT2D eigenvalue weighted by atomic mass is 10.1. The highest BCUT2D eigenvalue weighted by Crippen LogP contribution is 2.34. The SMILES string of the molecule is CC(NC(=O)CN1C(=O)COc2cc(Br)ccc21)c1cccc(Cl)c1. The van der Waals surface area contributed by atoms with Gasteiger partial charge < -0.3 is 10.1 Å². The lowest BCUT2D eigenvalue weighted by Crippen LogP contribution is -2.45. The van der Waals surface area contributed by atoms with Crippen LogP contribution in [0.5, 0.6) is 5.75 Å². The smallest absolute Gasteiger partial charge is 0.265 e. The maximum absolute atomic E-state index is 12.4. The number of hydrogen-bond donors (Lipinski definition) is 1. The van der Waals surface area contributed by atoms with Crippen LogP contribution < -0.4 is 15.0 Å². The molecule has 0 saturated heterocycles. The first-order valence-electron chi connectivity index (χ1n) is 7.71. The summed E-state index contributed by atoms with van der Waals surface area (Å²) < 4.78 is 6.27. The van der Waals surface area contributed by atoms with Crippen molar-refractivity contribution in [2.24, 2.45) is 0 Å². The van der Waals surface area contributed by atoms with Crippen LogP contribution in [0, 0.1) is 0 Å². The standard InChI is InChI=1S/C18H16BrClN2O3/c1-11(12-3-2-4-14(20)7-12)21-17(23)9-22-15-6-5-13(19)8-16(15)25-10-18(22)24/h2-8,11H,9-10H2,1H3,(H,21,23). The molecule has 1 heterocycles. The largest absolute Gasteiger partial charge is 0.482 e. The maximum atomic E-state index is 12.4. The predicted octanol–water partition coefficient (Wildman–Crippen LogP) is 3.71. The van der Waals surface area contributed by atoms with Gasteiger partial charge in [-0.3, -0.25) is 14.5 Å². The molecule has 130 valence electrons. The van der Waals surface area contributed by atoms with E-state index in [1.54, 1.807) is 30.3 Å². The summed E-state index contributed by atoms with van der Waals surface area (Å²) in [5.74, 6) is 0.0710. The number of halogens is 2. The zero-order chi connectivity index (χ0) is 18.0. The molecule has 3 rings (SSSR count). The van der Waals surface area contributed by atoms with Crippen LogP contribution >= 0.6 is 27.5 Å². The molecule has 1 atom stereocenters. The van der Waals surface area contributed by atoms with Crippen molar-refractivity contribution in [2.75, 3.05) is 18.1 Å². The first-order chi connectivity index (χ1) is 11.9. The molecule has 2 aromatic carbocycles. The van der Waals surface area contributed by atoms with Crippen LogP contribution in [-0.4, -0.2) is 25.0 Å². The number of amides is 2. The van der Waals surface area contributed by atoms with E-state index in [4.69, 9.17) is 16.3 Å². The van der Waals surface area contributed by atoms with Crippen molar-refractivity contribution in [3.8, 4) is 5.75 Å². The van der Waals surface area contributed by atoms with Gasteiger partial charge in [0, 0.05) is 9.50 Å². The molecule has 2 aromatic rings. The van der Waals surface area contributed by atoms with E-state index in [1.807, 2.05) is 19.1 Å². The van der Waals surface area contributed by atoms with Crippen LogP contribution in [0.1, 0.15) is 18.5 Å². The highest BCUT2D eigenvalue weighted by atomic mass is 79.9. The van der Waals surface area contributed by atoms with Crippen molar-refractivity contribution in [3.05, 3.63) is 57.5 Å². The topological polar surface area (TPSA) is 58.6 Å². The molecule has 0 aliphatic carbocycles. The molecule has 0 radical (unpaired) electrons. The highest BCUT2D eigenvalue weighted by molar-refractivity contribution is 9.10. The Kier molecular flexibility index (Phi) is 5.30. The van der Waals surface area contributed by atoms with Crippen molar-refractivity contribution in [1.29, 1.82) is 0 Å². The fourth-order valence-corrected chi connectivity index (χ4v) is 3.18. The molecule has 1 unspecified atom stereocenters. The van der Waals surface area contributed by atoms with Gasteiger partial charge in [-0.15, -0.1) is 0 Å². The molecule has 25 heavy (non-hydrogen) atoms. The number of fused-ring (bicyclic) bond motifs is 1. The number of benzene rings is 2. The number of anilines is 1. The Morgan fingerprint density at radius 3 is 2.92 bits per heavy atom. The summed E-state index contributed by atoms with van der Waals surface area (Å²) in [6.45, 7) is 1.72. The van der Waals surface area contributed by atoms with Crippen LogP contribution in [0.15, 0.2) is 46.9 Å². The maximum Gasteiger partial charge on any atom is 0.265 e. The van der Waals surface area contributed by atoms with Crippen molar-refractivity contribution in [1.82, 2.24) is 5.32 Å². The number of rotatable bonds is 4. The lowest BCUT2D eigenvalue weighted by molar-refractivity contribution is -0.125. The monoisotopic (exact) mass is 422 g/mol. The molecule has 0 aromatic heterocycles. The lowest BCUT2D eigenvalue weighted by Gasteiger charge is -2.29. The second-order valence-corrected chi connectivity index (χ2v) is 7.08. The molecular weight excluding hydrogens is 408 g/mol. The fourth-order valence-electron chi connectivity index (χ4n) is 2.64. The van der Waals surface area contributed by atoms with Gasteiger partial charge in [-0.05, 0) is 42.8 Å². The molecular formula is C18H16BrClN2O3. The Labute approximate surface area is 159 Å². The average molecular weight is 424 g/mol. The van der Waals surface area contributed by atoms with E-state index < -0.39 is 0 Å². The van der Waals surface area contributed by atoms with E-state index in [2.05, 4.69) is 21.2 Å². The first-order valence-corrected chi connectivity index (χ1v) is 8.88. The van der Waals surface area contributed by atoms with Crippen molar-refractivity contribution < 1.29 is 14.3 Å². The van der Waals surface area contributed by atoms with Crippen molar-refractivity contribution >= 4 is 45.0 Å². The summed E-state index contributed by atoms with van der Waals surface area (Å²) in [6, 6.07) is 12.4. The Morgan fingerprint density at radius 1 is 1.36 bits per heavy atom. The van der Waals surface area contributed by atoms with Crippen LogP contribution in [0.3, 0.4) is 0 Å². The second kappa shape index (κ2) is 7.45. The van der Waals surface area contributed by atoms with Crippen molar-refractivity contribution in [3.63, 3.8) is 0 Å². The molecule has 2 amide bonds. The van der Waals surface area contributed by atoms with Gasteiger partial charge in [0.2, 0.25) is 5.91 Å². The molecule has 0 saturated carbocycles. The van der Waals surface area contributed by atoms with Gasteiger partial charge in [-0.1, -0.05) is 39.7 Å². The third-order valence-corrected chi connectivity index (χ3v) is 4.62. The Morgan fingerprint density at radius 2 is 2.16 bits per heavy atom. The van der Waals surface area contributed by atoms with Crippen LogP contribution in [0.25, 0.3) is 0 Å². The zero-order valence-corrected chi connectivity index (χ0v) is 15.8. The van der Waals surface area contributed by atoms with Gasteiger partial charge in [0.15, 0.2) is 6.61 Å². The molecule has 1 N–H and O–H groups in total. The van der Waals surface area contributed by atoms with E-state index in [9.17, 15) is 9.59 Å². The van der Waals surface area contributed by atoms with Crippen LogP contribution in [0.2, 0.25) is 5.02 Å². The second-order valence-electron chi connectivity index (χ2n) is 5.72. The number of hydrogen-bond acceptors (Lipinski definition) is 3. The molecule has 5 nitrogen and oxygen atoms in total. The van der Waals surface area contributed by atoms with Gasteiger partial charge in [-0.25, -0.2) is 0 Å². The molecule has 0 bridgehead atoms. The number of ether oxygens (including phenoxy) is 1. The summed E-state index contributed by atoms with van der Waals surface area (Å²) in [5.41, 5.74) is 1.49. The van der Waals surface area contributed by atoms with E-state index >= 15 is 0 Å². The predicted molar refractivity (Wildman–Crippen MR) is 100.0 cm³/mol. The molecule has 0 spiro atoms. The fraction of sp³-hybridized carbons (Fsp3) is 0.222. The Balaban J connectivity index is 1.71. The highest BCUT2D eigenvalue weighted by Gasteiger charge is 2.27. The van der Waals surface area contributed by atoms with Crippen LogP contribution in [0.4, 0.5) is 5.69 Å². The van der Waals surface area contributed by atoms with Gasteiger partial charge >= 0.3 is 0 Å². The third kappa shape index (κ3) is 4.14. The van der Waals surface area contributed by atoms with E-state index in [0.717, 1.165) is 10.0 Å². The van der Waals surface area contributed by atoms with E-state index in [-0.39, 0.29) is 31.0 Å². The number of carbonyl (C=O) groups is 2. The zero-order valence-electron chi connectivity index (χ0n) is 13.5. The first kappa shape index (κ1) is 17.8. The average Bonchev–Trinajstić information content (AvgIpc) is 2.57. The van der Waals surface area contributed by atoms with Crippen LogP contribution in [-0.2, 0) is 9.59 Å². The summed E-state index contributed by atoms with van der Waals surface area (Å²) in [5, 5.41) is 3.50. The Bertz CT molecular complexity index is 828. The van der Waals surface area contributed by atoms with Gasteiger partial charge in [-0.2, -0.15) is 0 Å². The number of carbonyl (C=O) groups excluding carboxylic acids is 2. The minimum absolute atomic E-state index is 0.0677. The van der Waals surface area contributed by atoms with Gasteiger partial charge in [0.1, 0.15) is 12.3 Å². The summed E-state index contributed by atoms with van der Waals surface area (Å²) in [7, 11) is 0. The number of nitrogens with one attached hydrogen (secondary N) is 1. The van der Waals surface area contributed by atoms with Crippen molar-refractivity contribution in [2.45, 2.75) is 13.0 Å². The molecule has 0 fully saturated rings. The minimum Gasteiger partial charge on any atom is -0.482 e. The summed E-state index contributed by atoms with van der Waals surface area (Å²) in [4.78, 5) is 26.0. The summed E-state index contributed by atoms with van der Waals surface area (Å²) >= 11 is 9.35. The summed E-state index contributed by atoms with van der Waals surface area (Å²) in [6.07, 6.45) is 0. The van der Waals surface area contributed by atoms with Gasteiger partial charge in [0.05, 0.1) is 11.7 Å². The third-order valence-electron chi connectivity index (χ3n) is 3.89. The minimum atomic E-state index is -0.253. The normalized spacial score (nSPS) is 14.5. The molecule has 1 aliphatic heterocycles. The van der Waals surface area contributed by atoms with E-state index in [0.29, 0.717) is 16.5 Å². The number of nitrogens with zero attached hydrogens (tertiary/aromatic N) is 1. The molecule has 1 aliphatic rings. The van der Waals surface area contributed by atoms with Gasteiger partial charge in [0.25, 0.3) is 5.91 Å².